The maximum Gasteiger partial charge on any atom is 0.163 e. The molecule has 2 aliphatic rings. The van der Waals surface area contributed by atoms with Crippen LogP contribution in [0.25, 0.3) is 0 Å². The number of ketones is 1. The predicted molar refractivity (Wildman–Crippen MR) is 61.8 cm³/mol. The number of aromatic hydroxyl groups is 1. The van der Waals surface area contributed by atoms with Crippen molar-refractivity contribution in [1.82, 2.24) is 0 Å². The van der Waals surface area contributed by atoms with Gasteiger partial charge in [0.05, 0.1) is 0 Å². The summed E-state index contributed by atoms with van der Waals surface area (Å²) in [5, 5.41) is 9.49. The zero-order valence-electron chi connectivity index (χ0n) is 9.33. The van der Waals surface area contributed by atoms with Gasteiger partial charge in [-0.2, -0.15) is 0 Å². The third-order valence-electron chi connectivity index (χ3n) is 4.27. The molecule has 3 rings (SSSR count). The molecular weight excluding hydrogens is 200 g/mol. The summed E-state index contributed by atoms with van der Waals surface area (Å²) in [5.41, 5.74) is 2.21. The Morgan fingerprint density at radius 2 is 1.88 bits per heavy atom. The minimum Gasteiger partial charge on any atom is -0.508 e. The Labute approximate surface area is 95.3 Å². The van der Waals surface area contributed by atoms with E-state index in [0.29, 0.717) is 6.42 Å². The van der Waals surface area contributed by atoms with Crippen molar-refractivity contribution >= 4 is 5.78 Å². The zero-order chi connectivity index (χ0) is 11.2. The van der Waals surface area contributed by atoms with Crippen LogP contribution in [0.15, 0.2) is 18.2 Å². The second-order valence-electron chi connectivity index (χ2n) is 5.14. The second kappa shape index (κ2) is 3.34. The number of rotatable bonds is 0. The van der Waals surface area contributed by atoms with Gasteiger partial charge in [0, 0.05) is 12.0 Å². The fourth-order valence-corrected chi connectivity index (χ4v) is 3.42. The topological polar surface area (TPSA) is 37.3 Å². The summed E-state index contributed by atoms with van der Waals surface area (Å²) in [6.45, 7) is 0. The van der Waals surface area contributed by atoms with Crippen molar-refractivity contribution in [1.29, 1.82) is 0 Å². The van der Waals surface area contributed by atoms with Gasteiger partial charge in [-0.25, -0.2) is 0 Å². The number of hydrogen-bond acceptors (Lipinski definition) is 2. The first-order valence-electron chi connectivity index (χ1n) is 6.08. The average molecular weight is 216 g/mol. The van der Waals surface area contributed by atoms with Crippen LogP contribution in [0.3, 0.4) is 0 Å². The Bertz CT molecular complexity index is 442. The molecule has 1 aromatic rings. The largest absolute Gasteiger partial charge is 0.508 e. The van der Waals surface area contributed by atoms with E-state index in [1.165, 1.54) is 31.2 Å². The van der Waals surface area contributed by atoms with Crippen molar-refractivity contribution in [2.45, 2.75) is 43.9 Å². The molecule has 0 bridgehead atoms. The molecule has 0 atom stereocenters. The van der Waals surface area contributed by atoms with E-state index in [2.05, 4.69) is 0 Å². The fourth-order valence-electron chi connectivity index (χ4n) is 3.42. The summed E-state index contributed by atoms with van der Waals surface area (Å²) in [6.07, 6.45) is 6.61. The number of Topliss-reactive ketones (excluding diaryl/α,β-unsaturated/α-hetero) is 1. The average Bonchev–Trinajstić information content (AvgIpc) is 2.74. The number of carbonyl (C=O) groups excluding carboxylic acids is 1. The molecule has 0 unspecified atom stereocenters. The second-order valence-corrected chi connectivity index (χ2v) is 5.14. The molecule has 16 heavy (non-hydrogen) atoms. The molecule has 2 heteroatoms. The predicted octanol–water partition coefficient (Wildman–Crippen LogP) is 3.18. The quantitative estimate of drug-likeness (QED) is 0.723. The monoisotopic (exact) mass is 216 g/mol. The third-order valence-corrected chi connectivity index (χ3v) is 4.27. The molecule has 0 aliphatic heterocycles. The fraction of sp³-hybridized carbons (Fsp3) is 0.500. The van der Waals surface area contributed by atoms with Crippen LogP contribution in [0.5, 0.6) is 5.75 Å². The Balaban J connectivity index is 2.16. The van der Waals surface area contributed by atoms with Crippen LogP contribution in [0.2, 0.25) is 0 Å². The molecular formula is C14H16O2. The summed E-state index contributed by atoms with van der Waals surface area (Å²) in [4.78, 5) is 11.9. The lowest BCUT2D eigenvalue weighted by molar-refractivity contribution is 0.0951. The lowest BCUT2D eigenvalue weighted by atomic mass is 9.68. The zero-order valence-corrected chi connectivity index (χ0v) is 9.33. The molecule has 84 valence electrons. The van der Waals surface area contributed by atoms with Crippen LogP contribution in [0.1, 0.15) is 54.4 Å². The smallest absolute Gasteiger partial charge is 0.163 e. The molecule has 1 aromatic carbocycles. The van der Waals surface area contributed by atoms with Crippen LogP contribution in [0, 0.1) is 0 Å². The molecule has 1 fully saturated rings. The Kier molecular flexibility index (Phi) is 2.06. The summed E-state index contributed by atoms with van der Waals surface area (Å²) < 4.78 is 0. The lowest BCUT2D eigenvalue weighted by Gasteiger charge is -2.35. The number of benzene rings is 1. The standard InChI is InChI=1S/C14H16O2/c15-10-3-4-12-11(9-10)13(16)5-8-14(12)6-1-2-7-14/h3-4,9,15H,1-2,5-8H2. The van der Waals surface area contributed by atoms with Gasteiger partial charge < -0.3 is 5.11 Å². The first-order chi connectivity index (χ1) is 7.71. The van der Waals surface area contributed by atoms with E-state index in [9.17, 15) is 9.90 Å². The maximum atomic E-state index is 11.9. The van der Waals surface area contributed by atoms with Gasteiger partial charge in [-0.05, 0) is 42.4 Å². The maximum absolute atomic E-state index is 11.9. The first kappa shape index (κ1) is 9.88. The van der Waals surface area contributed by atoms with Crippen molar-refractivity contribution in [2.24, 2.45) is 0 Å². The molecule has 2 aliphatic carbocycles. The van der Waals surface area contributed by atoms with E-state index in [-0.39, 0.29) is 16.9 Å². The van der Waals surface area contributed by atoms with Crippen molar-refractivity contribution < 1.29 is 9.90 Å². The van der Waals surface area contributed by atoms with Crippen LogP contribution >= 0.6 is 0 Å². The molecule has 0 heterocycles. The molecule has 1 spiro atoms. The van der Waals surface area contributed by atoms with Crippen LogP contribution in [-0.4, -0.2) is 10.9 Å². The summed E-state index contributed by atoms with van der Waals surface area (Å²) in [7, 11) is 0. The third kappa shape index (κ3) is 1.29. The van der Waals surface area contributed by atoms with Gasteiger partial charge in [0.1, 0.15) is 5.75 Å². The minimum atomic E-state index is 0.198. The molecule has 1 N–H and O–H groups in total. The van der Waals surface area contributed by atoms with E-state index in [1.807, 2.05) is 6.07 Å². The minimum absolute atomic E-state index is 0.198. The molecule has 0 radical (unpaired) electrons. The number of carbonyl (C=O) groups is 1. The van der Waals surface area contributed by atoms with Crippen molar-refractivity contribution in [3.8, 4) is 5.75 Å². The Morgan fingerprint density at radius 1 is 1.12 bits per heavy atom. The number of hydrogen-bond donors (Lipinski definition) is 1. The van der Waals surface area contributed by atoms with E-state index in [0.717, 1.165) is 12.0 Å². The van der Waals surface area contributed by atoms with Crippen LogP contribution < -0.4 is 0 Å². The highest BCUT2D eigenvalue weighted by atomic mass is 16.3. The highest BCUT2D eigenvalue weighted by Gasteiger charge is 2.41. The molecule has 0 saturated heterocycles. The van der Waals surface area contributed by atoms with E-state index in [1.54, 1.807) is 12.1 Å². The molecule has 0 amide bonds. The summed E-state index contributed by atoms with van der Waals surface area (Å²) >= 11 is 0. The normalized spacial score (nSPS) is 22.4. The summed E-state index contributed by atoms with van der Waals surface area (Å²) in [6, 6.07) is 5.33. The lowest BCUT2D eigenvalue weighted by Crippen LogP contribution is -2.30. The molecule has 1 saturated carbocycles. The number of fused-ring (bicyclic) bond motifs is 2. The number of phenolic OH excluding ortho intramolecular Hbond substituents is 1. The van der Waals surface area contributed by atoms with Gasteiger partial charge in [-0.3, -0.25) is 4.79 Å². The Hall–Kier alpha value is -1.31. The SMILES string of the molecule is O=C1CCC2(CCCC2)c2ccc(O)cc21. The first-order valence-corrected chi connectivity index (χ1v) is 6.08. The highest BCUT2D eigenvalue weighted by Crippen LogP contribution is 2.49. The van der Waals surface area contributed by atoms with Crippen molar-refractivity contribution in [3.05, 3.63) is 29.3 Å². The highest BCUT2D eigenvalue weighted by molar-refractivity contribution is 5.99. The van der Waals surface area contributed by atoms with Gasteiger partial charge in [-0.15, -0.1) is 0 Å². The Morgan fingerprint density at radius 3 is 2.62 bits per heavy atom. The van der Waals surface area contributed by atoms with Gasteiger partial charge in [-0.1, -0.05) is 18.9 Å². The van der Waals surface area contributed by atoms with Gasteiger partial charge >= 0.3 is 0 Å². The van der Waals surface area contributed by atoms with Gasteiger partial charge in [0.15, 0.2) is 5.78 Å². The van der Waals surface area contributed by atoms with Crippen LogP contribution in [-0.2, 0) is 5.41 Å². The van der Waals surface area contributed by atoms with Crippen LogP contribution in [0.4, 0.5) is 0 Å². The number of phenols is 1. The van der Waals surface area contributed by atoms with E-state index >= 15 is 0 Å². The van der Waals surface area contributed by atoms with E-state index < -0.39 is 0 Å². The van der Waals surface area contributed by atoms with Crippen molar-refractivity contribution in [2.75, 3.05) is 0 Å². The molecule has 2 nitrogen and oxygen atoms in total. The van der Waals surface area contributed by atoms with E-state index in [4.69, 9.17) is 0 Å². The van der Waals surface area contributed by atoms with Gasteiger partial charge in [0.2, 0.25) is 0 Å². The summed E-state index contributed by atoms with van der Waals surface area (Å²) in [5.74, 6) is 0.408. The molecule has 0 aromatic heterocycles. The van der Waals surface area contributed by atoms with Gasteiger partial charge in [0.25, 0.3) is 0 Å². The van der Waals surface area contributed by atoms with Crippen molar-refractivity contribution in [3.63, 3.8) is 0 Å².